The summed E-state index contributed by atoms with van der Waals surface area (Å²) in [6.45, 7) is -0.466. The molecule has 0 bridgehead atoms. The highest BCUT2D eigenvalue weighted by atomic mass is 32.1. The fraction of sp³-hybridized carbons (Fsp3) is 0.182. The Bertz CT molecular complexity index is 476. The van der Waals surface area contributed by atoms with Crippen LogP contribution < -0.4 is 21.5 Å². The number of hydrogen-bond donors (Lipinski definition) is 3. The first-order chi connectivity index (χ1) is 8.50. The summed E-state index contributed by atoms with van der Waals surface area (Å²) < 4.78 is 5.26. The molecule has 0 aliphatic carbocycles. The van der Waals surface area contributed by atoms with E-state index in [0.29, 0.717) is 11.3 Å². The van der Waals surface area contributed by atoms with E-state index in [1.807, 2.05) is 0 Å². The molecule has 0 saturated carbocycles. The van der Waals surface area contributed by atoms with Gasteiger partial charge in [0.15, 0.2) is 6.61 Å². The summed E-state index contributed by atoms with van der Waals surface area (Å²) >= 11 is 4.85. The summed E-state index contributed by atoms with van der Waals surface area (Å²) in [6.07, 6.45) is 0. The number of para-hydroxylation sites is 1. The molecule has 0 aliphatic rings. The molecule has 0 aliphatic heterocycles. The minimum atomic E-state index is -0.619. The maximum atomic E-state index is 11.3. The van der Waals surface area contributed by atoms with Gasteiger partial charge in [-0.05, 0) is 12.1 Å². The predicted octanol–water partition coefficient (Wildman–Crippen LogP) is -0.699. The van der Waals surface area contributed by atoms with E-state index in [2.05, 4.69) is 5.32 Å². The van der Waals surface area contributed by atoms with Gasteiger partial charge in [0.25, 0.3) is 5.91 Å². The van der Waals surface area contributed by atoms with Crippen molar-refractivity contribution in [1.82, 2.24) is 5.32 Å². The van der Waals surface area contributed by atoms with E-state index < -0.39 is 11.8 Å². The number of carbonyl (C=O) groups is 2. The van der Waals surface area contributed by atoms with E-state index in [4.69, 9.17) is 28.4 Å². The molecule has 0 aromatic heterocycles. The Morgan fingerprint density at radius 2 is 1.94 bits per heavy atom. The van der Waals surface area contributed by atoms with Crippen molar-refractivity contribution in [3.05, 3.63) is 29.8 Å². The Balaban J connectivity index is 2.56. The lowest BCUT2D eigenvalue weighted by Crippen LogP contribution is -2.36. The molecule has 0 spiro atoms. The summed E-state index contributed by atoms with van der Waals surface area (Å²) in [5.74, 6) is -0.655. The third-order valence-electron chi connectivity index (χ3n) is 1.97. The van der Waals surface area contributed by atoms with Crippen LogP contribution in [0.5, 0.6) is 5.75 Å². The first kappa shape index (κ1) is 13.9. The van der Waals surface area contributed by atoms with E-state index >= 15 is 0 Å². The van der Waals surface area contributed by atoms with E-state index in [1.165, 1.54) is 0 Å². The predicted molar refractivity (Wildman–Crippen MR) is 70.0 cm³/mol. The van der Waals surface area contributed by atoms with Crippen molar-refractivity contribution in [3.8, 4) is 5.75 Å². The lowest BCUT2D eigenvalue weighted by molar-refractivity contribution is -0.126. The topological polar surface area (TPSA) is 107 Å². The van der Waals surface area contributed by atoms with Crippen LogP contribution in [0.4, 0.5) is 0 Å². The van der Waals surface area contributed by atoms with Crippen LogP contribution in [-0.2, 0) is 9.59 Å². The van der Waals surface area contributed by atoms with Crippen LogP contribution in [0.3, 0.4) is 0 Å². The lowest BCUT2D eigenvalue weighted by Gasteiger charge is -2.10. The van der Waals surface area contributed by atoms with E-state index in [-0.39, 0.29) is 18.1 Å². The second-order valence-electron chi connectivity index (χ2n) is 3.39. The largest absolute Gasteiger partial charge is 0.483 e. The van der Waals surface area contributed by atoms with Gasteiger partial charge >= 0.3 is 0 Å². The average molecular weight is 267 g/mol. The number of rotatable bonds is 6. The molecule has 0 heterocycles. The van der Waals surface area contributed by atoms with Gasteiger partial charge in [0.2, 0.25) is 5.91 Å². The molecule has 1 rings (SSSR count). The Labute approximate surface area is 109 Å². The van der Waals surface area contributed by atoms with Crippen LogP contribution in [0.25, 0.3) is 0 Å². The molecule has 7 heteroatoms. The minimum Gasteiger partial charge on any atom is -0.483 e. The van der Waals surface area contributed by atoms with Crippen LogP contribution in [0.1, 0.15) is 5.56 Å². The molecule has 6 nitrogen and oxygen atoms in total. The van der Waals surface area contributed by atoms with Gasteiger partial charge in [-0.15, -0.1) is 0 Å². The summed E-state index contributed by atoms with van der Waals surface area (Å²) in [5.41, 5.74) is 10.9. The fourth-order valence-corrected chi connectivity index (χ4v) is 1.34. The Morgan fingerprint density at radius 1 is 1.28 bits per heavy atom. The number of benzene rings is 1. The zero-order valence-electron chi connectivity index (χ0n) is 9.51. The maximum Gasteiger partial charge on any atom is 0.258 e. The molecule has 0 unspecified atom stereocenters. The van der Waals surface area contributed by atoms with Gasteiger partial charge in [-0.1, -0.05) is 24.4 Å². The van der Waals surface area contributed by atoms with Crippen molar-refractivity contribution < 1.29 is 14.3 Å². The lowest BCUT2D eigenvalue weighted by atomic mass is 10.2. The second-order valence-corrected chi connectivity index (χ2v) is 3.83. The fourth-order valence-electron chi connectivity index (χ4n) is 1.18. The molecule has 0 atom stereocenters. The number of amides is 2. The van der Waals surface area contributed by atoms with Crippen LogP contribution in [0, 0.1) is 0 Å². The van der Waals surface area contributed by atoms with Crippen LogP contribution in [0.15, 0.2) is 24.3 Å². The van der Waals surface area contributed by atoms with E-state index in [0.717, 1.165) is 0 Å². The summed E-state index contributed by atoms with van der Waals surface area (Å²) in [6, 6.07) is 6.84. The van der Waals surface area contributed by atoms with Gasteiger partial charge in [-0.2, -0.15) is 0 Å². The summed E-state index contributed by atoms with van der Waals surface area (Å²) in [7, 11) is 0. The van der Waals surface area contributed by atoms with Gasteiger partial charge in [-0.25, -0.2) is 0 Å². The number of nitrogens with two attached hydrogens (primary N) is 2. The first-order valence-corrected chi connectivity index (χ1v) is 5.48. The number of carbonyl (C=O) groups excluding carboxylic acids is 2. The number of hydrogen-bond acceptors (Lipinski definition) is 4. The maximum absolute atomic E-state index is 11.3. The normalized spacial score (nSPS) is 9.56. The van der Waals surface area contributed by atoms with Crippen molar-refractivity contribution in [2.45, 2.75) is 0 Å². The summed E-state index contributed by atoms with van der Waals surface area (Å²) in [5, 5.41) is 2.30. The van der Waals surface area contributed by atoms with E-state index in [1.54, 1.807) is 24.3 Å². The van der Waals surface area contributed by atoms with E-state index in [9.17, 15) is 9.59 Å². The van der Waals surface area contributed by atoms with Gasteiger partial charge < -0.3 is 21.5 Å². The third kappa shape index (κ3) is 4.38. The van der Waals surface area contributed by atoms with Crippen molar-refractivity contribution in [2.24, 2.45) is 11.5 Å². The molecule has 96 valence electrons. The minimum absolute atomic E-state index is 0.183. The number of nitrogens with one attached hydrogen (secondary N) is 1. The molecule has 0 radical (unpaired) electrons. The zero-order valence-corrected chi connectivity index (χ0v) is 10.3. The van der Waals surface area contributed by atoms with Crippen LogP contribution in [0.2, 0.25) is 0 Å². The number of thiocarbonyl (C=S) groups is 1. The van der Waals surface area contributed by atoms with Gasteiger partial charge in [0.1, 0.15) is 10.7 Å². The quantitative estimate of drug-likeness (QED) is 0.591. The van der Waals surface area contributed by atoms with Crippen molar-refractivity contribution in [1.29, 1.82) is 0 Å². The molecular formula is C11H13N3O3S. The molecule has 5 N–H and O–H groups in total. The Hall–Kier alpha value is -2.15. The van der Waals surface area contributed by atoms with Gasteiger partial charge in [-0.3, -0.25) is 9.59 Å². The SMILES string of the molecule is NC(=O)CNC(=O)COc1ccccc1C(N)=S. The molecule has 2 amide bonds. The second kappa shape index (κ2) is 6.55. The van der Waals surface area contributed by atoms with Gasteiger partial charge in [0, 0.05) is 0 Å². The molecule has 0 fully saturated rings. The van der Waals surface area contributed by atoms with Crippen LogP contribution in [-0.4, -0.2) is 30.0 Å². The Kier molecular flexibility index (Phi) is 5.06. The first-order valence-electron chi connectivity index (χ1n) is 5.07. The van der Waals surface area contributed by atoms with Crippen LogP contribution >= 0.6 is 12.2 Å². The standard InChI is InChI=1S/C11H13N3O3S/c12-9(15)5-14-10(16)6-17-8-4-2-1-3-7(8)11(13)18/h1-4H,5-6H2,(H2,12,15)(H2,13,18)(H,14,16). The average Bonchev–Trinajstić information content (AvgIpc) is 2.34. The highest BCUT2D eigenvalue weighted by molar-refractivity contribution is 7.80. The summed E-state index contributed by atoms with van der Waals surface area (Å²) in [4.78, 5) is 21.9. The number of ether oxygens (including phenoxy) is 1. The number of primary amides is 1. The Morgan fingerprint density at radius 3 is 2.56 bits per heavy atom. The van der Waals surface area contributed by atoms with Crippen molar-refractivity contribution >= 4 is 29.0 Å². The monoisotopic (exact) mass is 267 g/mol. The highest BCUT2D eigenvalue weighted by Gasteiger charge is 2.08. The van der Waals surface area contributed by atoms with Gasteiger partial charge in [0.05, 0.1) is 12.1 Å². The zero-order chi connectivity index (χ0) is 13.5. The highest BCUT2D eigenvalue weighted by Crippen LogP contribution is 2.17. The molecule has 1 aromatic carbocycles. The molecule has 1 aromatic rings. The molecule has 0 saturated heterocycles. The molecular weight excluding hydrogens is 254 g/mol. The third-order valence-corrected chi connectivity index (χ3v) is 2.19. The smallest absolute Gasteiger partial charge is 0.258 e. The van der Waals surface area contributed by atoms with Crippen molar-refractivity contribution in [2.75, 3.05) is 13.2 Å². The van der Waals surface area contributed by atoms with Crippen molar-refractivity contribution in [3.63, 3.8) is 0 Å². The molecule has 18 heavy (non-hydrogen) atoms.